The molecule has 23 heavy (non-hydrogen) atoms. The summed E-state index contributed by atoms with van der Waals surface area (Å²) in [5, 5.41) is 14.9. The summed E-state index contributed by atoms with van der Waals surface area (Å²) >= 11 is 0. The van der Waals surface area contributed by atoms with Gasteiger partial charge in [-0.15, -0.1) is 0 Å². The number of aliphatic hydroxyl groups is 1. The second-order valence-electron chi connectivity index (χ2n) is 5.85. The molecule has 0 saturated heterocycles. The number of amides is 2. The monoisotopic (exact) mass is 330 g/mol. The Bertz CT molecular complexity index is 509. The summed E-state index contributed by atoms with van der Waals surface area (Å²) in [5.74, 6) is 0. The molecule has 0 spiro atoms. The minimum absolute atomic E-state index is 0.0736. The van der Waals surface area contributed by atoms with Crippen LogP contribution in [-0.2, 0) is 12.6 Å². The number of urea groups is 1. The molecular formula is C16H21F3N2O2. The molecule has 1 saturated carbocycles. The SMILES string of the molecule is O=C(NCCc1ccc(C(F)(F)F)cc1)NC1CCC(O)CC1. The van der Waals surface area contributed by atoms with Gasteiger partial charge in [0.2, 0.25) is 0 Å². The van der Waals surface area contributed by atoms with E-state index >= 15 is 0 Å². The Hall–Kier alpha value is -1.76. The average molecular weight is 330 g/mol. The molecule has 0 aliphatic heterocycles. The molecular weight excluding hydrogens is 309 g/mol. The molecule has 128 valence electrons. The summed E-state index contributed by atoms with van der Waals surface area (Å²) in [7, 11) is 0. The highest BCUT2D eigenvalue weighted by Crippen LogP contribution is 2.29. The number of hydrogen-bond donors (Lipinski definition) is 3. The standard InChI is InChI=1S/C16H21F3N2O2/c17-16(18,19)12-3-1-11(2-4-12)9-10-20-15(23)21-13-5-7-14(22)8-6-13/h1-4,13-14,22H,5-10H2,(H2,20,21,23). The summed E-state index contributed by atoms with van der Waals surface area (Å²) in [6, 6.07) is 4.73. The first-order chi connectivity index (χ1) is 10.8. The van der Waals surface area contributed by atoms with Crippen LogP contribution in [0.2, 0.25) is 0 Å². The van der Waals surface area contributed by atoms with Gasteiger partial charge in [-0.2, -0.15) is 13.2 Å². The van der Waals surface area contributed by atoms with Gasteiger partial charge in [-0.25, -0.2) is 4.79 Å². The fourth-order valence-corrected chi connectivity index (χ4v) is 2.64. The molecule has 1 aliphatic carbocycles. The number of carbonyl (C=O) groups is 1. The minimum Gasteiger partial charge on any atom is -0.393 e. The van der Waals surface area contributed by atoms with Crippen LogP contribution in [-0.4, -0.2) is 29.8 Å². The third-order valence-corrected chi connectivity index (χ3v) is 4.01. The lowest BCUT2D eigenvalue weighted by Crippen LogP contribution is -2.44. The van der Waals surface area contributed by atoms with Crippen molar-refractivity contribution in [2.75, 3.05) is 6.54 Å². The van der Waals surface area contributed by atoms with Gasteiger partial charge in [0.25, 0.3) is 0 Å². The summed E-state index contributed by atoms with van der Waals surface area (Å²) in [4.78, 5) is 11.7. The normalized spacial score (nSPS) is 21.7. The molecule has 4 nitrogen and oxygen atoms in total. The second-order valence-corrected chi connectivity index (χ2v) is 5.85. The van der Waals surface area contributed by atoms with Crippen LogP contribution in [0.1, 0.15) is 36.8 Å². The zero-order chi connectivity index (χ0) is 16.9. The second kappa shape index (κ2) is 7.68. The lowest BCUT2D eigenvalue weighted by Gasteiger charge is -2.26. The van der Waals surface area contributed by atoms with Gasteiger partial charge in [0, 0.05) is 12.6 Å². The van der Waals surface area contributed by atoms with Gasteiger partial charge in [0.05, 0.1) is 11.7 Å². The molecule has 0 unspecified atom stereocenters. The minimum atomic E-state index is -4.33. The summed E-state index contributed by atoms with van der Waals surface area (Å²) in [6.45, 7) is 0.354. The van der Waals surface area contributed by atoms with Crippen LogP contribution >= 0.6 is 0 Å². The Morgan fingerprint density at radius 3 is 2.30 bits per heavy atom. The maximum absolute atomic E-state index is 12.4. The molecule has 1 aromatic carbocycles. The van der Waals surface area contributed by atoms with Crippen LogP contribution in [0.3, 0.4) is 0 Å². The van der Waals surface area contributed by atoms with Crippen LogP contribution in [0.4, 0.5) is 18.0 Å². The lowest BCUT2D eigenvalue weighted by molar-refractivity contribution is -0.137. The number of hydrogen-bond acceptors (Lipinski definition) is 2. The first-order valence-corrected chi connectivity index (χ1v) is 7.73. The largest absolute Gasteiger partial charge is 0.416 e. The fraction of sp³-hybridized carbons (Fsp3) is 0.562. The molecule has 1 aliphatic rings. The van der Waals surface area contributed by atoms with Crippen molar-refractivity contribution in [1.82, 2.24) is 10.6 Å². The predicted octanol–water partition coefficient (Wildman–Crippen LogP) is 2.85. The molecule has 7 heteroatoms. The van der Waals surface area contributed by atoms with Gasteiger partial charge in [-0.05, 0) is 49.8 Å². The summed E-state index contributed by atoms with van der Waals surface area (Å²) < 4.78 is 37.3. The van der Waals surface area contributed by atoms with Crippen LogP contribution < -0.4 is 10.6 Å². The molecule has 0 atom stereocenters. The van der Waals surface area contributed by atoms with Crippen LogP contribution in [0, 0.1) is 0 Å². The maximum atomic E-state index is 12.4. The first-order valence-electron chi connectivity index (χ1n) is 7.73. The van der Waals surface area contributed by atoms with E-state index in [2.05, 4.69) is 10.6 Å². The van der Waals surface area contributed by atoms with Crippen molar-refractivity contribution in [1.29, 1.82) is 0 Å². The first kappa shape index (κ1) is 17.6. The average Bonchev–Trinajstić information content (AvgIpc) is 2.49. The van der Waals surface area contributed by atoms with Crippen molar-refractivity contribution in [3.8, 4) is 0 Å². The van der Waals surface area contributed by atoms with Crippen molar-refractivity contribution in [2.24, 2.45) is 0 Å². The zero-order valence-corrected chi connectivity index (χ0v) is 12.7. The highest BCUT2D eigenvalue weighted by atomic mass is 19.4. The van der Waals surface area contributed by atoms with Crippen molar-refractivity contribution >= 4 is 6.03 Å². The van der Waals surface area contributed by atoms with Gasteiger partial charge in [-0.3, -0.25) is 0 Å². The number of benzene rings is 1. The molecule has 1 aromatic rings. The van der Waals surface area contributed by atoms with Crippen molar-refractivity contribution in [3.05, 3.63) is 35.4 Å². The van der Waals surface area contributed by atoms with E-state index in [9.17, 15) is 23.1 Å². The van der Waals surface area contributed by atoms with Crippen LogP contribution in [0.25, 0.3) is 0 Å². The third kappa shape index (κ3) is 5.74. The van der Waals surface area contributed by atoms with E-state index in [1.54, 1.807) is 0 Å². The number of alkyl halides is 3. The number of rotatable bonds is 4. The molecule has 2 amide bonds. The van der Waals surface area contributed by atoms with Crippen molar-refractivity contribution in [2.45, 2.75) is 50.4 Å². The highest BCUT2D eigenvalue weighted by Gasteiger charge is 2.29. The van der Waals surface area contributed by atoms with Crippen LogP contribution in [0.15, 0.2) is 24.3 Å². The molecule has 2 rings (SSSR count). The predicted molar refractivity (Wildman–Crippen MR) is 79.9 cm³/mol. The molecule has 0 radical (unpaired) electrons. The number of nitrogens with one attached hydrogen (secondary N) is 2. The Kier molecular flexibility index (Phi) is 5.87. The van der Waals surface area contributed by atoms with Gasteiger partial charge >= 0.3 is 12.2 Å². The number of aliphatic hydroxyl groups excluding tert-OH is 1. The van der Waals surface area contributed by atoms with E-state index in [4.69, 9.17) is 0 Å². The Morgan fingerprint density at radius 2 is 1.74 bits per heavy atom. The third-order valence-electron chi connectivity index (χ3n) is 4.01. The van der Waals surface area contributed by atoms with Crippen LogP contribution in [0.5, 0.6) is 0 Å². The zero-order valence-electron chi connectivity index (χ0n) is 12.7. The van der Waals surface area contributed by atoms with E-state index in [1.807, 2.05) is 0 Å². The number of halogens is 3. The fourth-order valence-electron chi connectivity index (χ4n) is 2.64. The molecule has 0 heterocycles. The molecule has 3 N–H and O–H groups in total. The van der Waals surface area contributed by atoms with E-state index < -0.39 is 11.7 Å². The Balaban J connectivity index is 1.69. The molecule has 0 bridgehead atoms. The molecule has 1 fully saturated rings. The van der Waals surface area contributed by atoms with E-state index in [0.717, 1.165) is 30.5 Å². The van der Waals surface area contributed by atoms with Crippen molar-refractivity contribution < 1.29 is 23.1 Å². The maximum Gasteiger partial charge on any atom is 0.416 e. The van der Waals surface area contributed by atoms with Crippen molar-refractivity contribution in [3.63, 3.8) is 0 Å². The summed E-state index contributed by atoms with van der Waals surface area (Å²) in [6.07, 6.45) is -1.23. The lowest BCUT2D eigenvalue weighted by atomic mass is 9.93. The smallest absolute Gasteiger partial charge is 0.393 e. The molecule has 0 aromatic heterocycles. The van der Waals surface area contributed by atoms with Gasteiger partial charge < -0.3 is 15.7 Å². The number of carbonyl (C=O) groups excluding carboxylic acids is 1. The quantitative estimate of drug-likeness (QED) is 0.795. The van der Waals surface area contributed by atoms with Gasteiger partial charge in [-0.1, -0.05) is 12.1 Å². The Labute approximate surface area is 133 Å². The summed E-state index contributed by atoms with van der Waals surface area (Å²) in [5.41, 5.74) is 0.0607. The van der Waals surface area contributed by atoms with E-state index in [-0.39, 0.29) is 18.2 Å². The Morgan fingerprint density at radius 1 is 1.13 bits per heavy atom. The van der Waals surface area contributed by atoms with Gasteiger partial charge in [0.1, 0.15) is 0 Å². The van der Waals surface area contributed by atoms with E-state index in [1.165, 1.54) is 12.1 Å². The van der Waals surface area contributed by atoms with Gasteiger partial charge in [0.15, 0.2) is 0 Å². The highest BCUT2D eigenvalue weighted by molar-refractivity contribution is 5.74. The van der Waals surface area contributed by atoms with E-state index in [0.29, 0.717) is 25.8 Å². The topological polar surface area (TPSA) is 61.4 Å².